The summed E-state index contributed by atoms with van der Waals surface area (Å²) < 4.78 is 24.8. The lowest BCUT2D eigenvalue weighted by molar-refractivity contribution is -0.124. The van der Waals surface area contributed by atoms with Gasteiger partial charge in [0.2, 0.25) is 11.8 Å². The first kappa shape index (κ1) is 19.9. The van der Waals surface area contributed by atoms with Gasteiger partial charge in [-0.05, 0) is 57.6 Å². The Kier molecular flexibility index (Phi) is 5.34. The van der Waals surface area contributed by atoms with Crippen molar-refractivity contribution in [2.75, 3.05) is 11.4 Å². The van der Waals surface area contributed by atoms with E-state index in [1.165, 1.54) is 11.0 Å². The van der Waals surface area contributed by atoms with Crippen molar-refractivity contribution in [1.29, 1.82) is 0 Å². The molecule has 2 aliphatic rings. The number of hydrogen-bond donors (Lipinski definition) is 1. The second kappa shape index (κ2) is 7.26. The van der Waals surface area contributed by atoms with Crippen LogP contribution in [0.25, 0.3) is 0 Å². The number of para-hydroxylation sites is 1. The van der Waals surface area contributed by atoms with Gasteiger partial charge in [-0.15, -0.1) is 0 Å². The highest BCUT2D eigenvalue weighted by molar-refractivity contribution is 7.93. The summed E-state index contributed by atoms with van der Waals surface area (Å²) >= 11 is 0. The Morgan fingerprint density at radius 1 is 1.19 bits per heavy atom. The highest BCUT2D eigenvalue weighted by atomic mass is 32.2. The zero-order valence-corrected chi connectivity index (χ0v) is 17.0. The minimum atomic E-state index is -3.69. The topological polar surface area (TPSA) is 83.6 Å². The van der Waals surface area contributed by atoms with Crippen LogP contribution in [-0.2, 0) is 19.4 Å². The van der Waals surface area contributed by atoms with Crippen LogP contribution in [0.4, 0.5) is 5.69 Å². The number of rotatable bonds is 3. The minimum Gasteiger partial charge on any atom is -0.352 e. The summed E-state index contributed by atoms with van der Waals surface area (Å²) in [6.07, 6.45) is 3.90. The molecule has 0 unspecified atom stereocenters. The van der Waals surface area contributed by atoms with E-state index in [0.29, 0.717) is 11.6 Å². The van der Waals surface area contributed by atoms with Crippen molar-refractivity contribution in [2.24, 2.45) is 5.92 Å². The van der Waals surface area contributed by atoms with E-state index in [-0.39, 0.29) is 35.7 Å². The van der Waals surface area contributed by atoms with Gasteiger partial charge in [-0.1, -0.05) is 19.1 Å². The van der Waals surface area contributed by atoms with Crippen LogP contribution in [0.1, 0.15) is 52.9 Å². The highest BCUT2D eigenvalue weighted by Crippen LogP contribution is 2.38. The van der Waals surface area contributed by atoms with Gasteiger partial charge in [-0.2, -0.15) is 0 Å². The molecule has 1 saturated carbocycles. The van der Waals surface area contributed by atoms with Crippen molar-refractivity contribution < 1.29 is 18.0 Å². The molecule has 0 radical (unpaired) electrons. The van der Waals surface area contributed by atoms with Crippen LogP contribution in [0.5, 0.6) is 0 Å². The maximum Gasteiger partial charge on any atom is 0.240 e. The van der Waals surface area contributed by atoms with Crippen LogP contribution < -0.4 is 10.2 Å². The van der Waals surface area contributed by atoms with Crippen molar-refractivity contribution >= 4 is 27.3 Å². The van der Waals surface area contributed by atoms with Gasteiger partial charge in [0.25, 0.3) is 0 Å². The van der Waals surface area contributed by atoms with Crippen molar-refractivity contribution in [3.05, 3.63) is 24.3 Å². The minimum absolute atomic E-state index is 0.111. The molecule has 2 amide bonds. The number of fused-ring (bicyclic) bond motifs is 1. The first-order chi connectivity index (χ1) is 12.6. The Morgan fingerprint density at radius 3 is 2.48 bits per heavy atom. The molecule has 1 N–H and O–H groups in total. The van der Waals surface area contributed by atoms with Crippen molar-refractivity contribution in [2.45, 2.75) is 68.6 Å². The van der Waals surface area contributed by atoms with E-state index in [4.69, 9.17) is 0 Å². The van der Waals surface area contributed by atoms with Gasteiger partial charge in [-0.25, -0.2) is 8.42 Å². The number of benzene rings is 1. The number of carbonyl (C=O) groups excluding carboxylic acids is 2. The predicted octanol–water partition coefficient (Wildman–Crippen LogP) is 2.67. The van der Waals surface area contributed by atoms with E-state index in [9.17, 15) is 18.0 Å². The van der Waals surface area contributed by atoms with Gasteiger partial charge < -0.3 is 10.2 Å². The maximum absolute atomic E-state index is 13.0. The first-order valence-electron chi connectivity index (χ1n) is 9.55. The lowest BCUT2D eigenvalue weighted by Gasteiger charge is -2.28. The summed E-state index contributed by atoms with van der Waals surface area (Å²) in [6, 6.07) is 6.57. The smallest absolute Gasteiger partial charge is 0.240 e. The Hall–Kier alpha value is -1.89. The third kappa shape index (κ3) is 3.88. The van der Waals surface area contributed by atoms with Crippen molar-refractivity contribution in [3.8, 4) is 0 Å². The van der Waals surface area contributed by atoms with Gasteiger partial charge in [0.05, 0.1) is 15.3 Å². The van der Waals surface area contributed by atoms with Crippen molar-refractivity contribution in [1.82, 2.24) is 5.32 Å². The highest BCUT2D eigenvalue weighted by Gasteiger charge is 2.44. The normalized spacial score (nSPS) is 26.8. The maximum atomic E-state index is 13.0. The molecule has 1 fully saturated rings. The van der Waals surface area contributed by atoms with Crippen molar-refractivity contribution in [3.63, 3.8) is 0 Å². The largest absolute Gasteiger partial charge is 0.352 e. The summed E-state index contributed by atoms with van der Waals surface area (Å²) in [5.74, 6) is 0.0976. The van der Waals surface area contributed by atoms with Gasteiger partial charge in [-0.3, -0.25) is 9.59 Å². The molecular formula is C20H28N2O4S. The summed E-state index contributed by atoms with van der Waals surface area (Å²) in [5, 5.41) is 3.02. The third-order valence-corrected chi connectivity index (χ3v) is 8.26. The molecule has 0 spiro atoms. The zero-order valence-electron chi connectivity index (χ0n) is 16.2. The number of nitrogens with zero attached hydrogens (tertiary/aromatic N) is 1. The molecule has 1 aromatic carbocycles. The lowest BCUT2D eigenvalue weighted by atomic mass is 9.87. The van der Waals surface area contributed by atoms with Crippen LogP contribution in [0.3, 0.4) is 0 Å². The summed E-state index contributed by atoms with van der Waals surface area (Å²) in [4.78, 5) is 26.9. The fourth-order valence-electron chi connectivity index (χ4n) is 3.89. The number of anilines is 1. The molecule has 0 aromatic heterocycles. The van der Waals surface area contributed by atoms with E-state index in [1.807, 2.05) is 0 Å². The second-order valence-corrected chi connectivity index (χ2v) is 11.0. The van der Waals surface area contributed by atoms with Crippen LogP contribution in [0.15, 0.2) is 29.2 Å². The molecule has 1 aliphatic heterocycles. The molecule has 3 rings (SSSR count). The number of amides is 2. The van der Waals surface area contributed by atoms with E-state index in [1.54, 1.807) is 32.0 Å². The van der Waals surface area contributed by atoms with Crippen LogP contribution in [0, 0.1) is 5.92 Å². The van der Waals surface area contributed by atoms with Crippen LogP contribution in [-0.4, -0.2) is 37.6 Å². The van der Waals surface area contributed by atoms with E-state index >= 15 is 0 Å². The molecule has 1 aromatic rings. The average Bonchev–Trinajstić information content (AvgIpc) is 2.65. The van der Waals surface area contributed by atoms with Crippen LogP contribution in [0.2, 0.25) is 0 Å². The molecule has 148 valence electrons. The fourth-order valence-corrected chi connectivity index (χ4v) is 5.51. The number of hydrogen-bond acceptors (Lipinski definition) is 4. The Morgan fingerprint density at radius 2 is 1.81 bits per heavy atom. The average molecular weight is 393 g/mol. The first-order valence-corrected chi connectivity index (χ1v) is 11.0. The number of sulfone groups is 1. The quantitative estimate of drug-likeness (QED) is 0.857. The summed E-state index contributed by atoms with van der Waals surface area (Å²) in [5.41, 5.74) is 0.292. The molecule has 1 heterocycles. The molecule has 0 atom stereocenters. The Labute approximate surface area is 161 Å². The summed E-state index contributed by atoms with van der Waals surface area (Å²) in [7, 11) is -3.69. The van der Waals surface area contributed by atoms with E-state index in [2.05, 4.69) is 12.2 Å². The van der Waals surface area contributed by atoms with Crippen LogP contribution >= 0.6 is 0 Å². The molecule has 0 bridgehead atoms. The molecule has 0 saturated heterocycles. The predicted molar refractivity (Wildman–Crippen MR) is 104 cm³/mol. The second-order valence-electron chi connectivity index (χ2n) is 8.41. The Balaban J connectivity index is 1.84. The molecule has 1 aliphatic carbocycles. The monoisotopic (exact) mass is 392 g/mol. The SMILES string of the molecule is CC1CCC(NC(=O)CN2C(=O)CC(C)(C)S(=O)(=O)c3ccccc32)CC1. The molecular weight excluding hydrogens is 364 g/mol. The molecule has 27 heavy (non-hydrogen) atoms. The third-order valence-electron chi connectivity index (χ3n) is 5.73. The fraction of sp³-hybridized carbons (Fsp3) is 0.600. The molecule has 6 nitrogen and oxygen atoms in total. The van der Waals surface area contributed by atoms with E-state index < -0.39 is 14.6 Å². The summed E-state index contributed by atoms with van der Waals surface area (Å²) in [6.45, 7) is 5.17. The molecule has 7 heteroatoms. The number of carbonyl (C=O) groups is 2. The van der Waals surface area contributed by atoms with Gasteiger partial charge in [0.1, 0.15) is 6.54 Å². The number of nitrogens with one attached hydrogen (secondary N) is 1. The van der Waals surface area contributed by atoms with Gasteiger partial charge >= 0.3 is 0 Å². The Bertz CT molecular complexity index is 839. The van der Waals surface area contributed by atoms with Gasteiger partial charge in [0.15, 0.2) is 9.84 Å². The van der Waals surface area contributed by atoms with E-state index in [0.717, 1.165) is 25.7 Å². The lowest BCUT2D eigenvalue weighted by Crippen LogP contribution is -2.46. The standard InChI is InChI=1S/C20H28N2O4S/c1-14-8-10-15(11-9-14)21-18(23)13-22-16-6-4-5-7-17(16)27(25,26)20(2,3)12-19(22)24/h4-7,14-15H,8-13H2,1-3H3,(H,21,23). The zero-order chi connectivity index (χ0) is 19.8. The van der Waals surface area contributed by atoms with Gasteiger partial charge in [0, 0.05) is 12.5 Å².